The summed E-state index contributed by atoms with van der Waals surface area (Å²) in [6.07, 6.45) is 2.25. The molecule has 140 valence electrons. The number of hydrogen-bond acceptors (Lipinski definition) is 4. The summed E-state index contributed by atoms with van der Waals surface area (Å²) in [5.41, 5.74) is 1.04. The highest BCUT2D eigenvalue weighted by Gasteiger charge is 2.15. The van der Waals surface area contributed by atoms with Crippen molar-refractivity contribution in [3.8, 4) is 17.6 Å². The van der Waals surface area contributed by atoms with Crippen molar-refractivity contribution in [1.29, 1.82) is 5.26 Å². The Labute approximate surface area is 164 Å². The van der Waals surface area contributed by atoms with Crippen LogP contribution in [0.25, 0.3) is 6.08 Å². The maximum atomic E-state index is 12.5. The first-order chi connectivity index (χ1) is 13.0. The lowest BCUT2D eigenvalue weighted by molar-refractivity contribution is -0.112. The van der Waals surface area contributed by atoms with E-state index in [1.54, 1.807) is 49.6 Å². The van der Waals surface area contributed by atoms with Gasteiger partial charge in [0.2, 0.25) is 0 Å². The summed E-state index contributed by atoms with van der Waals surface area (Å²) in [7, 11) is 1.54. The molecule has 6 heteroatoms. The molecule has 0 heterocycles. The van der Waals surface area contributed by atoms with E-state index in [1.165, 1.54) is 6.08 Å². The minimum absolute atomic E-state index is 0.0423. The summed E-state index contributed by atoms with van der Waals surface area (Å²) >= 11 is 5.93. The maximum absolute atomic E-state index is 12.5. The van der Waals surface area contributed by atoms with Crippen molar-refractivity contribution in [2.45, 2.75) is 26.4 Å². The molecule has 0 saturated heterocycles. The molecule has 1 unspecified atom stereocenters. The second kappa shape index (κ2) is 9.65. The van der Waals surface area contributed by atoms with Gasteiger partial charge in [0.25, 0.3) is 5.91 Å². The Balaban J connectivity index is 2.36. The van der Waals surface area contributed by atoms with Gasteiger partial charge in [0.1, 0.15) is 11.6 Å². The van der Waals surface area contributed by atoms with Crippen LogP contribution >= 0.6 is 11.6 Å². The molecule has 1 atom stereocenters. The number of nitriles is 1. The smallest absolute Gasteiger partial charge is 0.266 e. The van der Waals surface area contributed by atoms with Gasteiger partial charge in [-0.05, 0) is 43.7 Å². The first-order valence-corrected chi connectivity index (χ1v) is 8.88. The van der Waals surface area contributed by atoms with Crippen molar-refractivity contribution in [2.24, 2.45) is 0 Å². The van der Waals surface area contributed by atoms with Crippen molar-refractivity contribution >= 4 is 29.3 Å². The zero-order valence-electron chi connectivity index (χ0n) is 15.5. The lowest BCUT2D eigenvalue weighted by Gasteiger charge is -2.17. The number of ether oxygens (including phenoxy) is 2. The molecular weight excluding hydrogens is 364 g/mol. The third-order valence-electron chi connectivity index (χ3n) is 3.87. The van der Waals surface area contributed by atoms with Gasteiger partial charge < -0.3 is 14.8 Å². The van der Waals surface area contributed by atoms with Gasteiger partial charge in [0.15, 0.2) is 11.5 Å². The number of halogens is 1. The number of benzene rings is 2. The predicted molar refractivity (Wildman–Crippen MR) is 107 cm³/mol. The average molecular weight is 385 g/mol. The van der Waals surface area contributed by atoms with Gasteiger partial charge in [-0.1, -0.05) is 36.7 Å². The molecule has 0 aliphatic heterocycles. The van der Waals surface area contributed by atoms with Gasteiger partial charge in [-0.15, -0.1) is 0 Å². The van der Waals surface area contributed by atoms with Gasteiger partial charge in [-0.25, -0.2) is 0 Å². The highest BCUT2D eigenvalue weighted by atomic mass is 35.5. The summed E-state index contributed by atoms with van der Waals surface area (Å²) in [5, 5.41) is 12.6. The van der Waals surface area contributed by atoms with Crippen LogP contribution in [-0.4, -0.2) is 19.1 Å². The number of amides is 1. The number of nitrogens with one attached hydrogen (secondary N) is 1. The van der Waals surface area contributed by atoms with E-state index in [9.17, 15) is 10.1 Å². The van der Waals surface area contributed by atoms with Crippen molar-refractivity contribution in [1.82, 2.24) is 0 Å². The Morgan fingerprint density at radius 2 is 2.07 bits per heavy atom. The number of carbonyl (C=O) groups excluding carboxylic acids is 1. The molecule has 27 heavy (non-hydrogen) atoms. The van der Waals surface area contributed by atoms with E-state index in [0.717, 1.165) is 6.42 Å². The van der Waals surface area contributed by atoms with E-state index >= 15 is 0 Å². The van der Waals surface area contributed by atoms with Crippen LogP contribution in [0.2, 0.25) is 5.02 Å². The third kappa shape index (κ3) is 5.50. The van der Waals surface area contributed by atoms with Crippen LogP contribution in [0.5, 0.6) is 11.5 Å². The first-order valence-electron chi connectivity index (χ1n) is 8.50. The van der Waals surface area contributed by atoms with Gasteiger partial charge in [0.05, 0.1) is 13.2 Å². The van der Waals surface area contributed by atoms with Crippen LogP contribution in [0.15, 0.2) is 48.0 Å². The molecule has 0 spiro atoms. The zero-order chi connectivity index (χ0) is 19.8. The Bertz CT molecular complexity index is 887. The minimum atomic E-state index is -0.530. The number of anilines is 1. The summed E-state index contributed by atoms with van der Waals surface area (Å²) in [6, 6.07) is 14.0. The molecule has 1 N–H and O–H groups in total. The molecule has 2 rings (SSSR count). The van der Waals surface area contributed by atoms with E-state index in [-0.39, 0.29) is 11.7 Å². The number of carbonyl (C=O) groups is 1. The van der Waals surface area contributed by atoms with Crippen LogP contribution in [0.3, 0.4) is 0 Å². The fraction of sp³-hybridized carbons (Fsp3) is 0.238. The summed E-state index contributed by atoms with van der Waals surface area (Å²) in [4.78, 5) is 12.5. The average Bonchev–Trinajstić information content (AvgIpc) is 2.66. The fourth-order valence-corrected chi connectivity index (χ4v) is 2.48. The second-order valence-electron chi connectivity index (χ2n) is 5.85. The molecule has 0 aromatic heterocycles. The molecule has 0 fully saturated rings. The van der Waals surface area contributed by atoms with E-state index in [2.05, 4.69) is 5.32 Å². The molecule has 1 amide bonds. The van der Waals surface area contributed by atoms with E-state index in [4.69, 9.17) is 21.1 Å². The molecule has 2 aromatic rings. The van der Waals surface area contributed by atoms with Gasteiger partial charge in [-0.3, -0.25) is 4.79 Å². The molecule has 0 bridgehead atoms. The normalized spacial score (nSPS) is 12.0. The third-order valence-corrected chi connectivity index (χ3v) is 4.11. The Morgan fingerprint density at radius 3 is 2.70 bits per heavy atom. The van der Waals surface area contributed by atoms with Crippen LogP contribution in [0.1, 0.15) is 25.8 Å². The number of nitrogens with zero attached hydrogens (tertiary/aromatic N) is 1. The number of para-hydroxylation sites is 1. The Hall–Kier alpha value is -2.97. The van der Waals surface area contributed by atoms with Crippen molar-refractivity contribution in [3.63, 3.8) is 0 Å². The summed E-state index contributed by atoms with van der Waals surface area (Å²) in [5.74, 6) is 0.506. The van der Waals surface area contributed by atoms with Crippen LogP contribution in [-0.2, 0) is 4.79 Å². The fourth-order valence-electron chi connectivity index (χ4n) is 2.29. The Kier molecular flexibility index (Phi) is 7.27. The first kappa shape index (κ1) is 20.3. The molecule has 0 aliphatic rings. The Morgan fingerprint density at radius 1 is 1.33 bits per heavy atom. The molecular formula is C21H21ClN2O3. The quantitative estimate of drug-likeness (QED) is 0.534. The van der Waals surface area contributed by atoms with E-state index < -0.39 is 5.91 Å². The predicted octanol–water partition coefficient (Wildman–Crippen LogP) is 5.07. The van der Waals surface area contributed by atoms with Crippen molar-refractivity contribution in [3.05, 3.63) is 58.6 Å². The lowest BCUT2D eigenvalue weighted by atomic mass is 10.1. The van der Waals surface area contributed by atoms with E-state index in [0.29, 0.717) is 27.8 Å². The van der Waals surface area contributed by atoms with Gasteiger partial charge in [-0.2, -0.15) is 5.26 Å². The van der Waals surface area contributed by atoms with Crippen LogP contribution < -0.4 is 14.8 Å². The highest BCUT2D eigenvalue weighted by molar-refractivity contribution is 6.31. The highest BCUT2D eigenvalue weighted by Crippen LogP contribution is 2.34. The molecule has 0 radical (unpaired) electrons. The van der Waals surface area contributed by atoms with Gasteiger partial charge in [0, 0.05) is 16.3 Å². The maximum Gasteiger partial charge on any atom is 0.266 e. The molecule has 2 aromatic carbocycles. The summed E-state index contributed by atoms with van der Waals surface area (Å²) < 4.78 is 11.3. The van der Waals surface area contributed by atoms with Crippen LogP contribution in [0, 0.1) is 11.3 Å². The molecule has 5 nitrogen and oxygen atoms in total. The van der Waals surface area contributed by atoms with Gasteiger partial charge >= 0.3 is 0 Å². The summed E-state index contributed by atoms with van der Waals surface area (Å²) in [6.45, 7) is 3.95. The van der Waals surface area contributed by atoms with Crippen molar-refractivity contribution in [2.75, 3.05) is 12.4 Å². The molecule has 0 saturated carbocycles. The monoisotopic (exact) mass is 384 g/mol. The van der Waals surface area contributed by atoms with E-state index in [1.807, 2.05) is 19.9 Å². The molecule has 0 aliphatic carbocycles. The standard InChI is InChI=1S/C21H21ClN2O3/c1-4-14(2)27-20-15(7-5-10-19(20)26-3)11-16(13-23)21(25)24-18-9-6-8-17(22)12-18/h5-12,14H,4H2,1-3H3,(H,24,25). The zero-order valence-corrected chi connectivity index (χ0v) is 16.2. The van der Waals surface area contributed by atoms with Crippen LogP contribution in [0.4, 0.5) is 5.69 Å². The lowest BCUT2D eigenvalue weighted by Crippen LogP contribution is -2.14. The number of rotatable bonds is 7. The number of hydrogen-bond donors (Lipinski definition) is 1. The topological polar surface area (TPSA) is 71.3 Å². The van der Waals surface area contributed by atoms with Crippen molar-refractivity contribution < 1.29 is 14.3 Å². The number of methoxy groups -OCH3 is 1. The SMILES string of the molecule is CCC(C)Oc1c(C=C(C#N)C(=O)Nc2cccc(Cl)c2)cccc1OC. The largest absolute Gasteiger partial charge is 0.493 e. The second-order valence-corrected chi connectivity index (χ2v) is 6.29. The minimum Gasteiger partial charge on any atom is -0.493 e.